The predicted octanol–water partition coefficient (Wildman–Crippen LogP) is 1.19. The SMILES string of the molecule is CC(=O)NCCNc1ccnc(Cl)c1[N+](=O)[O-]. The van der Waals surface area contributed by atoms with Crippen LogP contribution < -0.4 is 10.6 Å². The zero-order valence-electron chi connectivity index (χ0n) is 9.07. The summed E-state index contributed by atoms with van der Waals surface area (Å²) in [4.78, 5) is 24.4. The van der Waals surface area contributed by atoms with E-state index in [-0.39, 0.29) is 22.4 Å². The summed E-state index contributed by atoms with van der Waals surface area (Å²) in [6.07, 6.45) is 1.37. The second kappa shape index (κ2) is 6.00. The molecule has 0 spiro atoms. The minimum atomic E-state index is -0.601. The number of carbonyl (C=O) groups is 1. The lowest BCUT2D eigenvalue weighted by molar-refractivity contribution is -0.384. The third-order valence-electron chi connectivity index (χ3n) is 1.88. The normalized spacial score (nSPS) is 9.76. The molecule has 92 valence electrons. The first-order valence-electron chi connectivity index (χ1n) is 4.79. The molecule has 0 radical (unpaired) electrons. The Kier molecular flexibility index (Phi) is 4.65. The molecule has 0 fully saturated rings. The van der Waals surface area contributed by atoms with Crippen molar-refractivity contribution in [3.8, 4) is 0 Å². The molecule has 1 heterocycles. The summed E-state index contributed by atoms with van der Waals surface area (Å²) in [5, 5.41) is 16.0. The van der Waals surface area contributed by atoms with Crippen molar-refractivity contribution >= 4 is 28.9 Å². The molecule has 0 aromatic carbocycles. The zero-order chi connectivity index (χ0) is 12.8. The summed E-state index contributed by atoms with van der Waals surface area (Å²) in [5.41, 5.74) is 0.0114. The molecule has 1 amide bonds. The van der Waals surface area contributed by atoms with E-state index in [4.69, 9.17) is 11.6 Å². The number of halogens is 1. The molecule has 0 saturated carbocycles. The van der Waals surface area contributed by atoms with Crippen molar-refractivity contribution in [2.24, 2.45) is 0 Å². The van der Waals surface area contributed by atoms with Gasteiger partial charge in [0.25, 0.3) is 0 Å². The van der Waals surface area contributed by atoms with Crippen molar-refractivity contribution in [2.45, 2.75) is 6.92 Å². The third kappa shape index (κ3) is 3.87. The van der Waals surface area contributed by atoms with Gasteiger partial charge in [0.05, 0.1) is 4.92 Å². The highest BCUT2D eigenvalue weighted by Crippen LogP contribution is 2.29. The second-order valence-corrected chi connectivity index (χ2v) is 3.52. The Labute approximate surface area is 102 Å². The van der Waals surface area contributed by atoms with Gasteiger partial charge in [0.2, 0.25) is 11.1 Å². The zero-order valence-corrected chi connectivity index (χ0v) is 9.82. The van der Waals surface area contributed by atoms with Crippen LogP contribution in [0.4, 0.5) is 11.4 Å². The number of nitro groups is 1. The maximum atomic E-state index is 10.8. The van der Waals surface area contributed by atoms with Crippen LogP contribution >= 0.6 is 11.6 Å². The highest BCUT2D eigenvalue weighted by atomic mass is 35.5. The largest absolute Gasteiger partial charge is 0.378 e. The molecule has 0 unspecified atom stereocenters. The van der Waals surface area contributed by atoms with Gasteiger partial charge < -0.3 is 10.6 Å². The van der Waals surface area contributed by atoms with Gasteiger partial charge in [-0.05, 0) is 6.07 Å². The Bertz CT molecular complexity index is 438. The van der Waals surface area contributed by atoms with Crippen LogP contribution in [-0.4, -0.2) is 28.9 Å². The number of hydrogen-bond donors (Lipinski definition) is 2. The lowest BCUT2D eigenvalue weighted by Crippen LogP contribution is -2.26. The molecule has 8 heteroatoms. The average Bonchev–Trinajstić information content (AvgIpc) is 2.23. The topological polar surface area (TPSA) is 97.2 Å². The fraction of sp³-hybridized carbons (Fsp3) is 0.333. The number of aromatic nitrogens is 1. The maximum Gasteiger partial charge on any atom is 0.329 e. The van der Waals surface area contributed by atoms with E-state index in [0.29, 0.717) is 13.1 Å². The van der Waals surface area contributed by atoms with Crippen LogP contribution in [0.3, 0.4) is 0 Å². The Hall–Kier alpha value is -1.89. The van der Waals surface area contributed by atoms with E-state index in [9.17, 15) is 14.9 Å². The van der Waals surface area contributed by atoms with Gasteiger partial charge in [-0.2, -0.15) is 0 Å². The van der Waals surface area contributed by atoms with Crippen LogP contribution in [0.1, 0.15) is 6.92 Å². The van der Waals surface area contributed by atoms with E-state index in [1.807, 2.05) is 0 Å². The minimum Gasteiger partial charge on any atom is -0.378 e. The highest BCUT2D eigenvalue weighted by molar-refractivity contribution is 6.32. The van der Waals surface area contributed by atoms with E-state index in [1.165, 1.54) is 19.2 Å². The maximum absolute atomic E-state index is 10.8. The summed E-state index contributed by atoms with van der Waals surface area (Å²) in [6.45, 7) is 2.12. The van der Waals surface area contributed by atoms with Crippen LogP contribution in [0.5, 0.6) is 0 Å². The Morgan fingerprint density at radius 2 is 2.29 bits per heavy atom. The van der Waals surface area contributed by atoms with E-state index < -0.39 is 4.92 Å². The number of carbonyl (C=O) groups excluding carboxylic acids is 1. The molecular formula is C9H11ClN4O3. The Morgan fingerprint density at radius 3 is 2.88 bits per heavy atom. The molecule has 1 aromatic rings. The van der Waals surface area contributed by atoms with Gasteiger partial charge in [-0.25, -0.2) is 4.98 Å². The molecule has 0 aliphatic heterocycles. The van der Waals surface area contributed by atoms with E-state index >= 15 is 0 Å². The number of nitrogens with zero attached hydrogens (tertiary/aromatic N) is 2. The summed E-state index contributed by atoms with van der Waals surface area (Å²) in [7, 11) is 0. The fourth-order valence-electron chi connectivity index (χ4n) is 1.18. The monoisotopic (exact) mass is 258 g/mol. The molecule has 1 aromatic heterocycles. The highest BCUT2D eigenvalue weighted by Gasteiger charge is 2.19. The molecule has 0 bridgehead atoms. The summed E-state index contributed by atoms with van der Waals surface area (Å²) in [6, 6.07) is 1.46. The van der Waals surface area contributed by atoms with Crippen molar-refractivity contribution in [3.63, 3.8) is 0 Å². The molecule has 1 rings (SSSR count). The number of hydrogen-bond acceptors (Lipinski definition) is 5. The number of pyridine rings is 1. The first-order valence-corrected chi connectivity index (χ1v) is 5.17. The van der Waals surface area contributed by atoms with Crippen LogP contribution in [0.25, 0.3) is 0 Å². The van der Waals surface area contributed by atoms with Gasteiger partial charge in [-0.15, -0.1) is 0 Å². The van der Waals surface area contributed by atoms with Gasteiger partial charge in [0.1, 0.15) is 5.69 Å². The lowest BCUT2D eigenvalue weighted by atomic mass is 10.3. The summed E-state index contributed by atoms with van der Waals surface area (Å²) >= 11 is 5.63. The molecular weight excluding hydrogens is 248 g/mol. The number of rotatable bonds is 5. The van der Waals surface area contributed by atoms with Gasteiger partial charge in [0, 0.05) is 26.2 Å². The van der Waals surface area contributed by atoms with Crippen LogP contribution in [0, 0.1) is 10.1 Å². The molecule has 2 N–H and O–H groups in total. The molecule has 0 saturated heterocycles. The first kappa shape index (κ1) is 13.2. The molecule has 0 aliphatic rings. The van der Waals surface area contributed by atoms with Crippen LogP contribution in [-0.2, 0) is 4.79 Å². The number of anilines is 1. The predicted molar refractivity (Wildman–Crippen MR) is 63.1 cm³/mol. The van der Waals surface area contributed by atoms with Crippen molar-refractivity contribution in [1.29, 1.82) is 0 Å². The fourth-order valence-corrected chi connectivity index (χ4v) is 1.41. The second-order valence-electron chi connectivity index (χ2n) is 3.16. The van der Waals surface area contributed by atoms with Crippen LogP contribution in [0.2, 0.25) is 5.15 Å². The molecule has 0 atom stereocenters. The van der Waals surface area contributed by atoms with E-state index in [2.05, 4.69) is 15.6 Å². The minimum absolute atomic E-state index is 0.158. The van der Waals surface area contributed by atoms with Crippen molar-refractivity contribution < 1.29 is 9.72 Å². The van der Waals surface area contributed by atoms with Gasteiger partial charge in [-0.1, -0.05) is 11.6 Å². The number of amides is 1. The number of nitrogens with one attached hydrogen (secondary N) is 2. The smallest absolute Gasteiger partial charge is 0.329 e. The first-order chi connectivity index (χ1) is 8.02. The summed E-state index contributed by atoms with van der Waals surface area (Å²) < 4.78 is 0. The van der Waals surface area contributed by atoms with E-state index in [0.717, 1.165) is 0 Å². The molecule has 7 nitrogen and oxygen atoms in total. The standard InChI is InChI=1S/C9H11ClN4O3/c1-6(15)11-4-5-12-7-2-3-13-9(10)8(7)14(16)17/h2-3H,4-5H2,1H3,(H,11,15)(H,12,13). The Morgan fingerprint density at radius 1 is 1.59 bits per heavy atom. The van der Waals surface area contributed by atoms with Gasteiger partial charge >= 0.3 is 5.69 Å². The van der Waals surface area contributed by atoms with Crippen molar-refractivity contribution in [1.82, 2.24) is 10.3 Å². The van der Waals surface area contributed by atoms with Gasteiger partial charge in [0.15, 0.2) is 0 Å². The van der Waals surface area contributed by atoms with E-state index in [1.54, 1.807) is 0 Å². The Balaban J connectivity index is 2.67. The summed E-state index contributed by atoms with van der Waals surface area (Å²) in [5.74, 6) is -0.158. The molecule has 0 aliphatic carbocycles. The van der Waals surface area contributed by atoms with Crippen molar-refractivity contribution in [2.75, 3.05) is 18.4 Å². The van der Waals surface area contributed by atoms with Crippen LogP contribution in [0.15, 0.2) is 12.3 Å². The van der Waals surface area contributed by atoms with Crippen molar-refractivity contribution in [3.05, 3.63) is 27.5 Å². The lowest BCUT2D eigenvalue weighted by Gasteiger charge is -2.07. The van der Waals surface area contributed by atoms with Gasteiger partial charge in [-0.3, -0.25) is 14.9 Å². The third-order valence-corrected chi connectivity index (χ3v) is 2.15. The quantitative estimate of drug-likeness (QED) is 0.358. The average molecular weight is 259 g/mol. The molecule has 17 heavy (non-hydrogen) atoms.